The summed E-state index contributed by atoms with van der Waals surface area (Å²) in [6.07, 6.45) is -3.29. The highest BCUT2D eigenvalue weighted by Crippen LogP contribution is 2.31. The summed E-state index contributed by atoms with van der Waals surface area (Å²) in [6.45, 7) is 1.97. The molecule has 6 heteroatoms. The fourth-order valence-electron chi connectivity index (χ4n) is 1.35. The number of rotatable bonds is 7. The molecule has 1 aromatic rings. The van der Waals surface area contributed by atoms with Crippen LogP contribution in [0.3, 0.4) is 0 Å². The van der Waals surface area contributed by atoms with Gasteiger partial charge in [-0.3, -0.25) is 0 Å². The first kappa shape index (κ1) is 16.7. The number of alkyl halides is 3. The molecule has 108 valence electrons. The van der Waals surface area contributed by atoms with Crippen LogP contribution in [0.5, 0.6) is 0 Å². The van der Waals surface area contributed by atoms with E-state index in [1.165, 1.54) is 23.9 Å². The van der Waals surface area contributed by atoms with Crippen LogP contribution >= 0.6 is 23.5 Å². The highest BCUT2D eigenvalue weighted by atomic mass is 32.2. The molecule has 0 heterocycles. The van der Waals surface area contributed by atoms with Crippen molar-refractivity contribution in [2.24, 2.45) is 5.73 Å². The quantitative estimate of drug-likeness (QED) is 0.602. The molecule has 0 fully saturated rings. The Labute approximate surface area is 120 Å². The van der Waals surface area contributed by atoms with E-state index in [1.54, 1.807) is 17.8 Å². The molecule has 1 unspecified atom stereocenters. The molecule has 1 nitrogen and oxygen atoms in total. The van der Waals surface area contributed by atoms with Crippen LogP contribution in [0.2, 0.25) is 0 Å². The van der Waals surface area contributed by atoms with Gasteiger partial charge in [0, 0.05) is 22.4 Å². The van der Waals surface area contributed by atoms with Gasteiger partial charge in [-0.2, -0.15) is 24.9 Å². The predicted octanol–water partition coefficient (Wildman–Crippen LogP) is 4.27. The Morgan fingerprint density at radius 2 is 1.95 bits per heavy atom. The van der Waals surface area contributed by atoms with Gasteiger partial charge in [0.05, 0.1) is 5.56 Å². The van der Waals surface area contributed by atoms with Gasteiger partial charge >= 0.3 is 6.18 Å². The Kier molecular flexibility index (Phi) is 7.10. The predicted molar refractivity (Wildman–Crippen MR) is 77.8 cm³/mol. The van der Waals surface area contributed by atoms with Crippen molar-refractivity contribution in [3.63, 3.8) is 0 Å². The third-order valence-electron chi connectivity index (χ3n) is 2.38. The SMILES string of the molecule is CC(N)CCSCCSc1cccc(C(F)(F)F)c1. The summed E-state index contributed by atoms with van der Waals surface area (Å²) < 4.78 is 37.5. The second-order valence-electron chi connectivity index (χ2n) is 4.25. The maximum absolute atomic E-state index is 12.5. The lowest BCUT2D eigenvalue weighted by Crippen LogP contribution is -2.15. The van der Waals surface area contributed by atoms with Crippen molar-refractivity contribution in [1.29, 1.82) is 0 Å². The molecule has 0 aliphatic carbocycles. The number of hydrogen-bond acceptors (Lipinski definition) is 3. The molecule has 1 rings (SSSR count). The van der Waals surface area contributed by atoms with Crippen LogP contribution < -0.4 is 5.73 Å². The monoisotopic (exact) mass is 309 g/mol. The normalized spacial score (nSPS) is 13.5. The number of thioether (sulfide) groups is 2. The van der Waals surface area contributed by atoms with Crippen molar-refractivity contribution in [3.8, 4) is 0 Å². The average Bonchev–Trinajstić information content (AvgIpc) is 2.32. The van der Waals surface area contributed by atoms with Crippen molar-refractivity contribution in [2.45, 2.75) is 30.5 Å². The lowest BCUT2D eigenvalue weighted by molar-refractivity contribution is -0.137. The molecular weight excluding hydrogens is 291 g/mol. The third kappa shape index (κ3) is 7.13. The van der Waals surface area contributed by atoms with E-state index in [9.17, 15) is 13.2 Å². The maximum Gasteiger partial charge on any atom is 0.416 e. The van der Waals surface area contributed by atoms with Crippen LogP contribution in [-0.4, -0.2) is 23.3 Å². The molecule has 1 aromatic carbocycles. The van der Waals surface area contributed by atoms with Gasteiger partial charge in [0.1, 0.15) is 0 Å². The summed E-state index contributed by atoms with van der Waals surface area (Å²) in [7, 11) is 0. The maximum atomic E-state index is 12.5. The lowest BCUT2D eigenvalue weighted by Gasteiger charge is -2.08. The molecule has 0 bridgehead atoms. The number of benzene rings is 1. The molecule has 0 aliphatic rings. The smallest absolute Gasteiger partial charge is 0.328 e. The molecule has 19 heavy (non-hydrogen) atoms. The number of hydrogen-bond donors (Lipinski definition) is 1. The van der Waals surface area contributed by atoms with E-state index < -0.39 is 11.7 Å². The van der Waals surface area contributed by atoms with Gasteiger partial charge in [-0.15, -0.1) is 11.8 Å². The molecule has 0 spiro atoms. The molecule has 2 N–H and O–H groups in total. The topological polar surface area (TPSA) is 26.0 Å². The summed E-state index contributed by atoms with van der Waals surface area (Å²) >= 11 is 3.24. The van der Waals surface area contributed by atoms with Crippen LogP contribution in [-0.2, 0) is 6.18 Å². The standard InChI is InChI=1S/C13H18F3NS2/c1-10(17)5-6-18-7-8-19-12-4-2-3-11(9-12)13(14,15)16/h2-4,9-10H,5-8,17H2,1H3. The lowest BCUT2D eigenvalue weighted by atomic mass is 10.2. The van der Waals surface area contributed by atoms with Gasteiger partial charge in [-0.05, 0) is 37.3 Å². The number of halogens is 3. The van der Waals surface area contributed by atoms with E-state index in [2.05, 4.69) is 0 Å². The first-order valence-corrected chi connectivity index (χ1v) is 8.17. The minimum Gasteiger partial charge on any atom is -0.328 e. The summed E-state index contributed by atoms with van der Waals surface area (Å²) in [5.41, 5.74) is 5.05. The van der Waals surface area contributed by atoms with Crippen molar-refractivity contribution in [3.05, 3.63) is 29.8 Å². The Hall–Kier alpha value is -0.330. The molecule has 0 amide bonds. The van der Waals surface area contributed by atoms with Gasteiger partial charge < -0.3 is 5.73 Å². The van der Waals surface area contributed by atoms with Gasteiger partial charge in [0.25, 0.3) is 0 Å². The zero-order valence-electron chi connectivity index (χ0n) is 10.7. The summed E-state index contributed by atoms with van der Waals surface area (Å²) in [6, 6.07) is 5.68. The molecule has 0 aliphatic heterocycles. The second kappa shape index (κ2) is 8.07. The zero-order chi connectivity index (χ0) is 14.3. The van der Waals surface area contributed by atoms with Crippen molar-refractivity contribution < 1.29 is 13.2 Å². The Bertz CT molecular complexity index is 380. The second-order valence-corrected chi connectivity index (χ2v) is 6.65. The highest BCUT2D eigenvalue weighted by Gasteiger charge is 2.30. The molecular formula is C13H18F3NS2. The van der Waals surface area contributed by atoms with Gasteiger partial charge in [-0.1, -0.05) is 6.07 Å². The molecule has 0 radical (unpaired) electrons. The van der Waals surface area contributed by atoms with Crippen molar-refractivity contribution >= 4 is 23.5 Å². The third-order valence-corrected chi connectivity index (χ3v) is 4.65. The summed E-state index contributed by atoms with van der Waals surface area (Å²) in [5, 5.41) is 0. The summed E-state index contributed by atoms with van der Waals surface area (Å²) in [4.78, 5) is 0.669. The average molecular weight is 309 g/mol. The number of nitrogens with two attached hydrogens (primary N) is 1. The zero-order valence-corrected chi connectivity index (χ0v) is 12.4. The van der Waals surface area contributed by atoms with E-state index >= 15 is 0 Å². The first-order chi connectivity index (χ1) is 8.89. The highest BCUT2D eigenvalue weighted by molar-refractivity contribution is 8.02. The van der Waals surface area contributed by atoms with E-state index in [0.717, 1.165) is 29.7 Å². The molecule has 0 saturated heterocycles. The van der Waals surface area contributed by atoms with Crippen LogP contribution in [0.4, 0.5) is 13.2 Å². The van der Waals surface area contributed by atoms with E-state index in [-0.39, 0.29) is 6.04 Å². The Morgan fingerprint density at radius 3 is 2.58 bits per heavy atom. The largest absolute Gasteiger partial charge is 0.416 e. The molecule has 0 saturated carbocycles. The van der Waals surface area contributed by atoms with Crippen LogP contribution in [0, 0.1) is 0 Å². The molecule has 1 atom stereocenters. The fourth-order valence-corrected chi connectivity index (χ4v) is 3.52. The van der Waals surface area contributed by atoms with Crippen molar-refractivity contribution in [1.82, 2.24) is 0 Å². The Balaban J connectivity index is 2.30. The van der Waals surface area contributed by atoms with Gasteiger partial charge in [-0.25, -0.2) is 0 Å². The van der Waals surface area contributed by atoms with Gasteiger partial charge in [0.2, 0.25) is 0 Å². The van der Waals surface area contributed by atoms with Crippen LogP contribution in [0.1, 0.15) is 18.9 Å². The summed E-state index contributed by atoms with van der Waals surface area (Å²) in [5.74, 6) is 2.74. The van der Waals surface area contributed by atoms with Gasteiger partial charge in [0.15, 0.2) is 0 Å². The minimum atomic E-state index is -4.26. The molecule has 0 aromatic heterocycles. The Morgan fingerprint density at radius 1 is 1.21 bits per heavy atom. The van der Waals surface area contributed by atoms with E-state index in [0.29, 0.717) is 4.90 Å². The first-order valence-electron chi connectivity index (χ1n) is 6.03. The van der Waals surface area contributed by atoms with E-state index in [4.69, 9.17) is 5.73 Å². The fraction of sp³-hybridized carbons (Fsp3) is 0.538. The van der Waals surface area contributed by atoms with Crippen LogP contribution in [0.15, 0.2) is 29.2 Å². The van der Waals surface area contributed by atoms with Crippen molar-refractivity contribution in [2.75, 3.05) is 17.3 Å². The van der Waals surface area contributed by atoms with E-state index in [1.807, 2.05) is 6.92 Å². The minimum absolute atomic E-state index is 0.212. The van der Waals surface area contributed by atoms with Crippen LogP contribution in [0.25, 0.3) is 0 Å².